The average Bonchev–Trinajstić information content (AvgIpc) is 3.32. The average molecular weight is 539 g/mol. The molecule has 0 spiro atoms. The first-order valence-corrected chi connectivity index (χ1v) is 13.0. The molecule has 6 nitrogen and oxygen atoms in total. The largest absolute Gasteiger partial charge is 0.297 e. The number of thiazole rings is 1. The molecular weight excluding hydrogens is 510 g/mol. The van der Waals surface area contributed by atoms with Crippen molar-refractivity contribution in [3.05, 3.63) is 85.3 Å². The lowest BCUT2D eigenvalue weighted by Gasteiger charge is -2.07. The Labute approximate surface area is 211 Å². The van der Waals surface area contributed by atoms with Crippen LogP contribution in [0.3, 0.4) is 0 Å². The summed E-state index contributed by atoms with van der Waals surface area (Å²) in [4.78, 5) is 18.9. The Balaban J connectivity index is 1.91. The number of benzene rings is 2. The van der Waals surface area contributed by atoms with Gasteiger partial charge in [-0.15, -0.1) is 11.3 Å². The van der Waals surface area contributed by atoms with Crippen molar-refractivity contribution < 1.29 is 0 Å². The van der Waals surface area contributed by atoms with Gasteiger partial charge in [-0.1, -0.05) is 59.6 Å². The first-order valence-electron chi connectivity index (χ1n) is 11.3. The highest BCUT2D eigenvalue weighted by atomic mass is 79.9. The molecule has 0 aliphatic rings. The van der Waals surface area contributed by atoms with Crippen molar-refractivity contribution in [1.82, 2.24) is 14.0 Å². The summed E-state index contributed by atoms with van der Waals surface area (Å²) in [5.41, 5.74) is 4.90. The van der Waals surface area contributed by atoms with E-state index in [2.05, 4.69) is 35.0 Å². The molecule has 0 unspecified atom stereocenters. The lowest BCUT2D eigenvalue weighted by molar-refractivity contribution is 0.630. The van der Waals surface area contributed by atoms with E-state index in [1.807, 2.05) is 78.1 Å². The van der Waals surface area contributed by atoms with Gasteiger partial charge in [0, 0.05) is 28.2 Å². The fourth-order valence-electron chi connectivity index (χ4n) is 3.72. The highest BCUT2D eigenvalue weighted by Gasteiger charge is 2.17. The second kappa shape index (κ2) is 10.5. The van der Waals surface area contributed by atoms with Crippen LogP contribution in [0, 0.1) is 6.92 Å². The van der Waals surface area contributed by atoms with Crippen molar-refractivity contribution >= 4 is 38.7 Å². The van der Waals surface area contributed by atoms with Crippen LogP contribution in [0.1, 0.15) is 38.8 Å². The van der Waals surface area contributed by atoms with Crippen LogP contribution in [0.4, 0.5) is 5.69 Å². The molecule has 2 aromatic heterocycles. The molecule has 0 amide bonds. The van der Waals surface area contributed by atoms with Crippen molar-refractivity contribution in [3.8, 4) is 16.9 Å². The van der Waals surface area contributed by atoms with Crippen LogP contribution in [0.2, 0.25) is 0 Å². The molecule has 176 valence electrons. The van der Waals surface area contributed by atoms with Crippen LogP contribution >= 0.6 is 27.3 Å². The molecule has 4 rings (SSSR count). The number of unbranched alkanes of at least 4 members (excludes halogenated alkanes) is 1. The fraction of sp³-hybridized carbons (Fsp3) is 0.269. The molecule has 8 heteroatoms. The molecular formula is C26H28BrN5OS. The minimum Gasteiger partial charge on any atom is -0.283 e. The Bertz CT molecular complexity index is 1440. The second-order valence-electron chi connectivity index (χ2n) is 8.18. The van der Waals surface area contributed by atoms with Gasteiger partial charge in [0.15, 0.2) is 5.69 Å². The quantitative estimate of drug-likeness (QED) is 0.251. The number of hydrogen-bond donors (Lipinski definition) is 0. The van der Waals surface area contributed by atoms with E-state index in [1.165, 1.54) is 11.3 Å². The van der Waals surface area contributed by atoms with E-state index in [4.69, 9.17) is 10.1 Å². The van der Waals surface area contributed by atoms with Gasteiger partial charge in [0.05, 0.1) is 17.1 Å². The van der Waals surface area contributed by atoms with Crippen LogP contribution in [0.15, 0.2) is 79.3 Å². The van der Waals surface area contributed by atoms with Crippen LogP contribution in [-0.4, -0.2) is 19.8 Å². The molecule has 34 heavy (non-hydrogen) atoms. The fourth-order valence-corrected chi connectivity index (χ4v) is 4.82. The first-order chi connectivity index (χ1) is 16.4. The van der Waals surface area contributed by atoms with Gasteiger partial charge in [0.2, 0.25) is 4.80 Å². The molecule has 2 heterocycles. The number of nitrogens with zero attached hydrogens (tertiary/aromatic N) is 5. The minimum absolute atomic E-state index is 0.150. The predicted molar refractivity (Wildman–Crippen MR) is 144 cm³/mol. The van der Waals surface area contributed by atoms with Gasteiger partial charge >= 0.3 is 0 Å². The summed E-state index contributed by atoms with van der Waals surface area (Å²) >= 11 is 4.99. The van der Waals surface area contributed by atoms with Crippen molar-refractivity contribution in [2.75, 3.05) is 0 Å². The van der Waals surface area contributed by atoms with Crippen molar-refractivity contribution in [2.24, 2.45) is 17.1 Å². The van der Waals surface area contributed by atoms with Gasteiger partial charge in [-0.25, -0.2) is 14.4 Å². The molecule has 0 aliphatic carbocycles. The Kier molecular flexibility index (Phi) is 7.48. The standard InChI is InChI=1S/C26H28BrN5OS/c1-5-6-10-18(2)29-31-23(20-13-15-21(27)16-14-20)17-34-26(31)28-24-19(3)30(4)32(25(24)33)22-11-8-7-9-12-22/h7-9,11-17H,5-6,10H2,1-4H3. The summed E-state index contributed by atoms with van der Waals surface area (Å²) < 4.78 is 6.39. The zero-order valence-corrected chi connectivity index (χ0v) is 22.2. The summed E-state index contributed by atoms with van der Waals surface area (Å²) in [5, 5.41) is 6.97. The third-order valence-corrected chi connectivity index (χ3v) is 7.06. The predicted octanol–water partition coefficient (Wildman–Crippen LogP) is 6.42. The molecule has 0 N–H and O–H groups in total. The summed E-state index contributed by atoms with van der Waals surface area (Å²) in [6.45, 7) is 6.14. The first kappa shape index (κ1) is 24.2. The molecule has 0 radical (unpaired) electrons. The second-order valence-corrected chi connectivity index (χ2v) is 9.94. The van der Waals surface area contributed by atoms with Gasteiger partial charge in [-0.05, 0) is 51.0 Å². The summed E-state index contributed by atoms with van der Waals surface area (Å²) in [6.07, 6.45) is 3.11. The highest BCUT2D eigenvalue weighted by Crippen LogP contribution is 2.24. The topological polar surface area (TPSA) is 56.6 Å². The monoisotopic (exact) mass is 537 g/mol. The van der Waals surface area contributed by atoms with Crippen molar-refractivity contribution in [3.63, 3.8) is 0 Å². The van der Waals surface area contributed by atoms with Crippen molar-refractivity contribution in [1.29, 1.82) is 0 Å². The molecule has 0 aliphatic heterocycles. The lowest BCUT2D eigenvalue weighted by atomic mass is 10.2. The van der Waals surface area contributed by atoms with Crippen LogP contribution in [0.25, 0.3) is 16.9 Å². The minimum atomic E-state index is -0.150. The lowest BCUT2D eigenvalue weighted by Crippen LogP contribution is -2.20. The van der Waals surface area contributed by atoms with Gasteiger partial charge < -0.3 is 0 Å². The van der Waals surface area contributed by atoms with E-state index in [-0.39, 0.29) is 5.56 Å². The molecule has 0 saturated heterocycles. The molecule has 0 atom stereocenters. The zero-order valence-electron chi connectivity index (χ0n) is 19.8. The molecule has 0 saturated carbocycles. The van der Waals surface area contributed by atoms with Crippen LogP contribution in [0.5, 0.6) is 0 Å². The van der Waals surface area contributed by atoms with Crippen LogP contribution in [-0.2, 0) is 7.05 Å². The summed E-state index contributed by atoms with van der Waals surface area (Å²) in [6, 6.07) is 17.8. The third-order valence-electron chi connectivity index (χ3n) is 5.72. The van der Waals surface area contributed by atoms with Gasteiger partial charge in [0.25, 0.3) is 5.56 Å². The van der Waals surface area contributed by atoms with Gasteiger partial charge in [0.1, 0.15) is 0 Å². The molecule has 0 fully saturated rings. The summed E-state index contributed by atoms with van der Waals surface area (Å²) in [5.74, 6) is 0. The Morgan fingerprint density at radius 1 is 1.09 bits per heavy atom. The number of halogens is 1. The van der Waals surface area contributed by atoms with E-state index >= 15 is 0 Å². The van der Waals surface area contributed by atoms with Crippen LogP contribution < -0.4 is 10.4 Å². The van der Waals surface area contributed by atoms with E-state index in [1.54, 1.807) is 4.68 Å². The third kappa shape index (κ3) is 4.93. The van der Waals surface area contributed by atoms with E-state index in [0.29, 0.717) is 10.5 Å². The Hall–Kier alpha value is -2.97. The maximum atomic E-state index is 13.4. The number of hydrogen-bond acceptors (Lipinski definition) is 4. The maximum absolute atomic E-state index is 13.4. The van der Waals surface area contributed by atoms with Gasteiger partial charge in [-0.3, -0.25) is 9.48 Å². The van der Waals surface area contributed by atoms with Gasteiger partial charge in [-0.2, -0.15) is 5.10 Å². The Morgan fingerprint density at radius 2 is 1.79 bits per heavy atom. The van der Waals surface area contributed by atoms with E-state index in [9.17, 15) is 4.79 Å². The molecule has 4 aromatic rings. The Morgan fingerprint density at radius 3 is 2.47 bits per heavy atom. The molecule has 0 bridgehead atoms. The van der Waals surface area contributed by atoms with E-state index in [0.717, 1.165) is 52.1 Å². The van der Waals surface area contributed by atoms with Crippen molar-refractivity contribution in [2.45, 2.75) is 40.0 Å². The smallest absolute Gasteiger partial charge is 0.283 e. The number of rotatable bonds is 7. The SMILES string of the molecule is CCCCC(C)=Nn1c(-c2ccc(Br)cc2)csc1=Nc1c(C)n(C)n(-c2ccccc2)c1=O. The number of aromatic nitrogens is 3. The number of para-hydroxylation sites is 1. The highest BCUT2D eigenvalue weighted by molar-refractivity contribution is 9.10. The maximum Gasteiger partial charge on any atom is 0.297 e. The summed E-state index contributed by atoms with van der Waals surface area (Å²) in [7, 11) is 1.88. The molecule has 2 aromatic carbocycles. The zero-order chi connectivity index (χ0) is 24.2. The normalized spacial score (nSPS) is 12.5. The van der Waals surface area contributed by atoms with E-state index < -0.39 is 0 Å².